The van der Waals surface area contributed by atoms with Crippen molar-refractivity contribution in [2.75, 3.05) is 18.4 Å². The number of alkyl halides is 3. The molecular weight excluding hydrogens is 648 g/mol. The maximum Gasteiger partial charge on any atom is 0.417 e. The number of carbonyl (C=O) groups is 1. The Morgan fingerprint density at radius 1 is 0.896 bits per heavy atom. The van der Waals surface area contributed by atoms with Crippen molar-refractivity contribution in [1.82, 2.24) is 4.31 Å². The first kappa shape index (κ1) is 34.3. The number of nitrogens with zero attached hydrogens (tertiary/aromatic N) is 3. The lowest BCUT2D eigenvalue weighted by molar-refractivity contribution is -0.142. The Bertz CT molecular complexity index is 2030. The number of halogens is 4. The van der Waals surface area contributed by atoms with Crippen molar-refractivity contribution < 1.29 is 35.9 Å². The largest absolute Gasteiger partial charge is 0.417 e. The predicted molar refractivity (Wildman–Crippen MR) is 168 cm³/mol. The van der Waals surface area contributed by atoms with Crippen LogP contribution in [0.4, 0.5) is 23.2 Å². The number of anilines is 1. The fourth-order valence-corrected chi connectivity index (χ4v) is 7.34. The van der Waals surface area contributed by atoms with Crippen LogP contribution in [-0.2, 0) is 27.4 Å². The summed E-state index contributed by atoms with van der Waals surface area (Å²) in [4.78, 5) is 13.8. The molecule has 2 N–H and O–H groups in total. The number of carbonyl (C=O) groups excluding carboxylic acids is 1. The summed E-state index contributed by atoms with van der Waals surface area (Å²) in [5, 5.41) is 33.1. The molecule has 48 heavy (non-hydrogen) atoms. The van der Waals surface area contributed by atoms with Crippen LogP contribution >= 0.6 is 0 Å². The number of sulfonamides is 1. The monoisotopic (exact) mass is 676 g/mol. The summed E-state index contributed by atoms with van der Waals surface area (Å²) in [6.45, 7) is -0.175. The predicted octanol–water partition coefficient (Wildman–Crippen LogP) is 6.27. The second-order valence-electron chi connectivity index (χ2n) is 11.5. The van der Waals surface area contributed by atoms with Crippen molar-refractivity contribution in [3.8, 4) is 23.3 Å². The third-order valence-corrected chi connectivity index (χ3v) is 10.3. The SMILES string of the molecule is N#Cc1cccc(-c2cccc(CC(O)(C(=O)Nc3ccc(C#N)c(C(F)(F)F)c3)C3CCN(S(=O)(=O)c4ccc(F)cc4)CC3)c2)c1. The van der Waals surface area contributed by atoms with Crippen molar-refractivity contribution in [2.24, 2.45) is 5.92 Å². The highest BCUT2D eigenvalue weighted by atomic mass is 32.2. The van der Waals surface area contributed by atoms with E-state index in [9.17, 15) is 41.1 Å². The molecule has 246 valence electrons. The van der Waals surface area contributed by atoms with Gasteiger partial charge in [0.15, 0.2) is 0 Å². The fraction of sp³-hybridized carbons (Fsp3) is 0.229. The summed E-state index contributed by atoms with van der Waals surface area (Å²) in [6.07, 6.45) is -5.11. The van der Waals surface area contributed by atoms with E-state index in [0.717, 1.165) is 36.4 Å². The van der Waals surface area contributed by atoms with Crippen LogP contribution in [-0.4, -0.2) is 42.4 Å². The number of hydrogen-bond acceptors (Lipinski definition) is 6. The number of hydrogen-bond donors (Lipinski definition) is 2. The molecule has 13 heteroatoms. The van der Waals surface area contributed by atoms with Crippen LogP contribution in [0, 0.1) is 34.4 Å². The Balaban J connectivity index is 1.46. The summed E-state index contributed by atoms with van der Waals surface area (Å²) in [6, 6.07) is 24.3. The minimum absolute atomic E-state index is 0.0232. The van der Waals surface area contributed by atoms with Gasteiger partial charge in [-0.15, -0.1) is 0 Å². The first-order chi connectivity index (χ1) is 22.7. The van der Waals surface area contributed by atoms with E-state index < -0.39 is 50.6 Å². The number of nitrogens with one attached hydrogen (secondary N) is 1. The molecule has 0 spiro atoms. The lowest BCUT2D eigenvalue weighted by atomic mass is 9.76. The van der Waals surface area contributed by atoms with Gasteiger partial charge in [-0.25, -0.2) is 12.8 Å². The van der Waals surface area contributed by atoms with Gasteiger partial charge in [-0.1, -0.05) is 36.4 Å². The van der Waals surface area contributed by atoms with Crippen molar-refractivity contribution >= 4 is 21.6 Å². The highest BCUT2D eigenvalue weighted by Crippen LogP contribution is 2.37. The van der Waals surface area contributed by atoms with Crippen molar-refractivity contribution in [3.05, 3.63) is 119 Å². The van der Waals surface area contributed by atoms with Gasteiger partial charge in [0.05, 0.1) is 33.7 Å². The standard InChI is InChI=1S/C35H28F4N4O4S/c36-29-8-11-31(12-9-29)48(46,47)43-15-13-28(14-16-43)34(45,33(44)42-30-10-7-27(22-41)32(19-30)35(37,38)39)20-23-3-1-5-25(17-23)26-6-2-4-24(18-26)21-40/h1-12,17-19,28,45H,13-16,20H2,(H,42,44). The zero-order valence-electron chi connectivity index (χ0n) is 25.2. The van der Waals surface area contributed by atoms with Crippen molar-refractivity contribution in [3.63, 3.8) is 0 Å². The molecule has 0 saturated carbocycles. The van der Waals surface area contributed by atoms with Gasteiger partial charge in [0.1, 0.15) is 11.4 Å². The maximum absolute atomic E-state index is 13.9. The summed E-state index contributed by atoms with van der Waals surface area (Å²) in [5.74, 6) is -2.43. The molecule has 4 aromatic carbocycles. The minimum Gasteiger partial charge on any atom is -0.379 e. The zero-order valence-corrected chi connectivity index (χ0v) is 26.0. The van der Waals surface area contributed by atoms with E-state index in [1.807, 2.05) is 0 Å². The Kier molecular flexibility index (Phi) is 9.69. The highest BCUT2D eigenvalue weighted by molar-refractivity contribution is 7.89. The Labute approximate surface area is 274 Å². The zero-order chi connectivity index (χ0) is 34.7. The lowest BCUT2D eigenvalue weighted by Crippen LogP contribution is -2.54. The molecule has 0 bridgehead atoms. The molecular formula is C35H28F4N4O4S. The van der Waals surface area contributed by atoms with E-state index in [1.54, 1.807) is 48.5 Å². The van der Waals surface area contributed by atoms with Crippen LogP contribution in [0.25, 0.3) is 11.1 Å². The summed E-state index contributed by atoms with van der Waals surface area (Å²) < 4.78 is 82.1. The van der Waals surface area contributed by atoms with Gasteiger partial charge in [-0.05, 0) is 90.0 Å². The van der Waals surface area contributed by atoms with Crippen LogP contribution in [0.5, 0.6) is 0 Å². The van der Waals surface area contributed by atoms with Gasteiger partial charge >= 0.3 is 6.18 Å². The van der Waals surface area contributed by atoms with Crippen LogP contribution in [0.2, 0.25) is 0 Å². The Hall–Kier alpha value is -5.08. The molecule has 1 atom stereocenters. The summed E-state index contributed by atoms with van der Waals surface area (Å²) in [7, 11) is -4.01. The molecule has 1 saturated heterocycles. The van der Waals surface area contributed by atoms with Gasteiger partial charge in [0.25, 0.3) is 5.91 Å². The van der Waals surface area contributed by atoms with Gasteiger partial charge in [0, 0.05) is 25.2 Å². The normalized spacial score (nSPS) is 15.6. The number of rotatable bonds is 8. The molecule has 0 aromatic heterocycles. The number of amides is 1. The average Bonchev–Trinajstić information content (AvgIpc) is 3.08. The molecule has 0 aliphatic carbocycles. The number of benzene rings is 4. The molecule has 0 radical (unpaired) electrons. The number of nitriles is 2. The lowest BCUT2D eigenvalue weighted by Gasteiger charge is -2.40. The molecule has 1 fully saturated rings. The summed E-state index contributed by atoms with van der Waals surface area (Å²) in [5.41, 5.74) is -2.06. The molecule has 4 aromatic rings. The molecule has 1 heterocycles. The molecule has 1 aliphatic heterocycles. The molecule has 8 nitrogen and oxygen atoms in total. The van der Waals surface area contributed by atoms with Gasteiger partial charge in [0.2, 0.25) is 10.0 Å². The van der Waals surface area contributed by atoms with Crippen LogP contribution in [0.3, 0.4) is 0 Å². The van der Waals surface area contributed by atoms with Gasteiger partial charge < -0.3 is 10.4 Å². The Morgan fingerprint density at radius 3 is 2.17 bits per heavy atom. The molecule has 1 aliphatic rings. The number of piperidine rings is 1. The van der Waals surface area contributed by atoms with Crippen LogP contribution in [0.15, 0.2) is 95.9 Å². The number of aliphatic hydroxyl groups is 1. The molecule has 1 unspecified atom stereocenters. The van der Waals surface area contributed by atoms with Gasteiger partial charge in [-0.3, -0.25) is 4.79 Å². The molecule has 5 rings (SSSR count). The third-order valence-electron chi connectivity index (χ3n) is 8.40. The van der Waals surface area contributed by atoms with E-state index >= 15 is 0 Å². The van der Waals surface area contributed by atoms with E-state index in [1.165, 1.54) is 10.4 Å². The topological polar surface area (TPSA) is 134 Å². The van der Waals surface area contributed by atoms with Crippen LogP contribution in [0.1, 0.15) is 35.1 Å². The smallest absolute Gasteiger partial charge is 0.379 e. The average molecular weight is 677 g/mol. The van der Waals surface area contributed by atoms with Crippen molar-refractivity contribution in [2.45, 2.75) is 35.9 Å². The second-order valence-corrected chi connectivity index (χ2v) is 13.4. The minimum atomic E-state index is -4.88. The quantitative estimate of drug-likeness (QED) is 0.212. The Morgan fingerprint density at radius 2 is 1.54 bits per heavy atom. The van der Waals surface area contributed by atoms with E-state index in [-0.39, 0.29) is 42.9 Å². The van der Waals surface area contributed by atoms with E-state index in [0.29, 0.717) is 28.3 Å². The van der Waals surface area contributed by atoms with Crippen LogP contribution < -0.4 is 5.32 Å². The first-order valence-electron chi connectivity index (χ1n) is 14.7. The third kappa shape index (κ3) is 7.24. The highest BCUT2D eigenvalue weighted by Gasteiger charge is 2.46. The van der Waals surface area contributed by atoms with Crippen molar-refractivity contribution in [1.29, 1.82) is 10.5 Å². The van der Waals surface area contributed by atoms with Gasteiger partial charge in [-0.2, -0.15) is 28.0 Å². The fourth-order valence-electron chi connectivity index (χ4n) is 5.87. The first-order valence-corrected chi connectivity index (χ1v) is 16.2. The van der Waals surface area contributed by atoms with E-state index in [4.69, 9.17) is 5.26 Å². The summed E-state index contributed by atoms with van der Waals surface area (Å²) >= 11 is 0. The molecule has 1 amide bonds. The van der Waals surface area contributed by atoms with E-state index in [2.05, 4.69) is 11.4 Å². The second kappa shape index (κ2) is 13.6. The maximum atomic E-state index is 13.9.